The van der Waals surface area contributed by atoms with E-state index in [1.165, 1.54) is 6.07 Å². The van der Waals surface area contributed by atoms with Gasteiger partial charge in [-0.05, 0) is 60.7 Å². The molecule has 0 spiro atoms. The van der Waals surface area contributed by atoms with Crippen molar-refractivity contribution in [2.24, 2.45) is 0 Å². The molecule has 2 aliphatic rings. The van der Waals surface area contributed by atoms with E-state index < -0.39 is 0 Å². The molecule has 0 unspecified atom stereocenters. The predicted octanol–water partition coefficient (Wildman–Crippen LogP) is 3.07. The van der Waals surface area contributed by atoms with Crippen LogP contribution in [-0.2, 0) is 0 Å². The minimum absolute atomic E-state index is 0.0685. The van der Waals surface area contributed by atoms with Crippen molar-refractivity contribution in [2.75, 3.05) is 6.79 Å². The quantitative estimate of drug-likeness (QED) is 0.914. The molecule has 2 N–H and O–H groups in total. The molecule has 2 aromatic rings. The van der Waals surface area contributed by atoms with Crippen LogP contribution in [0.3, 0.4) is 0 Å². The highest BCUT2D eigenvalue weighted by Crippen LogP contribution is 2.36. The average Bonchev–Trinajstić information content (AvgIpc) is 2.97. The summed E-state index contributed by atoms with van der Waals surface area (Å²) < 4.78 is 10.7. The molecular weight excluding hydrogens is 294 g/mol. The Morgan fingerprint density at radius 2 is 1.87 bits per heavy atom. The van der Waals surface area contributed by atoms with Crippen molar-refractivity contribution in [2.45, 2.75) is 25.3 Å². The van der Waals surface area contributed by atoms with Crippen LogP contribution in [0.4, 0.5) is 0 Å². The van der Waals surface area contributed by atoms with E-state index in [2.05, 4.69) is 5.32 Å². The fourth-order valence-corrected chi connectivity index (χ4v) is 2.81. The van der Waals surface area contributed by atoms with E-state index >= 15 is 0 Å². The molecule has 0 bridgehead atoms. The second-order valence-corrected chi connectivity index (χ2v) is 5.94. The average molecular weight is 311 g/mol. The summed E-state index contributed by atoms with van der Waals surface area (Å²) in [6.07, 6.45) is 3.21. The Hall–Kier alpha value is -2.69. The fourth-order valence-electron chi connectivity index (χ4n) is 2.81. The highest BCUT2D eigenvalue weighted by Gasteiger charge is 2.21. The topological polar surface area (TPSA) is 67.8 Å². The lowest BCUT2D eigenvalue weighted by molar-refractivity contribution is 0.0916. The van der Waals surface area contributed by atoms with Crippen LogP contribution in [-0.4, -0.2) is 23.8 Å². The van der Waals surface area contributed by atoms with Crippen molar-refractivity contribution in [1.82, 2.24) is 5.32 Å². The molecule has 4 rings (SSSR count). The van der Waals surface area contributed by atoms with Gasteiger partial charge in [-0.15, -0.1) is 0 Å². The largest absolute Gasteiger partial charge is 0.508 e. The third-order valence-electron chi connectivity index (χ3n) is 4.33. The highest BCUT2D eigenvalue weighted by molar-refractivity contribution is 5.96. The summed E-state index contributed by atoms with van der Waals surface area (Å²) in [5.41, 5.74) is 2.09. The fraction of sp³-hybridized carbons (Fsp3) is 0.278. The molecule has 23 heavy (non-hydrogen) atoms. The number of carbonyl (C=O) groups excluding carboxylic acids is 1. The number of fused-ring (bicyclic) bond motifs is 1. The Balaban J connectivity index is 1.64. The van der Waals surface area contributed by atoms with Crippen LogP contribution in [0.15, 0.2) is 36.4 Å². The Morgan fingerprint density at radius 3 is 2.65 bits per heavy atom. The summed E-state index contributed by atoms with van der Waals surface area (Å²) in [7, 11) is 0. The first-order valence-electron chi connectivity index (χ1n) is 7.74. The van der Waals surface area contributed by atoms with Gasteiger partial charge >= 0.3 is 0 Å². The first-order chi connectivity index (χ1) is 11.2. The van der Waals surface area contributed by atoms with Crippen molar-refractivity contribution in [3.8, 4) is 28.4 Å². The first-order valence-corrected chi connectivity index (χ1v) is 7.74. The minimum Gasteiger partial charge on any atom is -0.508 e. The smallest absolute Gasteiger partial charge is 0.251 e. The Bertz CT molecular complexity index is 768. The molecule has 2 aromatic carbocycles. The summed E-state index contributed by atoms with van der Waals surface area (Å²) in [5, 5.41) is 13.0. The Kier molecular flexibility index (Phi) is 3.33. The number of amides is 1. The predicted molar refractivity (Wildman–Crippen MR) is 84.8 cm³/mol. The van der Waals surface area contributed by atoms with Gasteiger partial charge in [0.05, 0.1) is 0 Å². The molecule has 1 heterocycles. The number of hydrogen-bond donors (Lipinski definition) is 2. The maximum absolute atomic E-state index is 12.3. The number of benzene rings is 2. The number of nitrogens with one attached hydrogen (secondary N) is 1. The van der Waals surface area contributed by atoms with Gasteiger partial charge in [0, 0.05) is 11.6 Å². The number of ether oxygens (including phenoxy) is 2. The van der Waals surface area contributed by atoms with E-state index in [1.807, 2.05) is 18.2 Å². The number of phenolic OH excluding ortho intramolecular Hbond substituents is 1. The lowest BCUT2D eigenvalue weighted by atomic mass is 9.92. The van der Waals surface area contributed by atoms with Crippen molar-refractivity contribution < 1.29 is 19.4 Å². The van der Waals surface area contributed by atoms with E-state index in [0.717, 1.165) is 30.4 Å². The second kappa shape index (κ2) is 5.50. The van der Waals surface area contributed by atoms with Crippen LogP contribution in [0, 0.1) is 0 Å². The zero-order valence-corrected chi connectivity index (χ0v) is 12.5. The number of rotatable bonds is 3. The van der Waals surface area contributed by atoms with Crippen LogP contribution in [0.25, 0.3) is 11.1 Å². The molecule has 1 aliphatic heterocycles. The maximum Gasteiger partial charge on any atom is 0.251 e. The summed E-state index contributed by atoms with van der Waals surface area (Å²) in [6, 6.07) is 10.7. The third-order valence-corrected chi connectivity index (χ3v) is 4.33. The van der Waals surface area contributed by atoms with Crippen molar-refractivity contribution in [3.05, 3.63) is 42.0 Å². The van der Waals surface area contributed by atoms with Gasteiger partial charge in [0.2, 0.25) is 6.79 Å². The summed E-state index contributed by atoms with van der Waals surface area (Å²) in [6.45, 7) is 0.216. The number of hydrogen-bond acceptors (Lipinski definition) is 4. The van der Waals surface area contributed by atoms with Crippen molar-refractivity contribution in [1.29, 1.82) is 0 Å². The summed E-state index contributed by atoms with van der Waals surface area (Å²) in [4.78, 5) is 12.3. The van der Waals surface area contributed by atoms with Gasteiger partial charge in [-0.3, -0.25) is 4.79 Å². The molecule has 0 saturated heterocycles. The van der Waals surface area contributed by atoms with Crippen LogP contribution < -0.4 is 14.8 Å². The third kappa shape index (κ3) is 2.70. The normalized spacial score (nSPS) is 16.0. The monoisotopic (exact) mass is 311 g/mol. The number of aromatic hydroxyl groups is 1. The minimum atomic E-state index is -0.146. The van der Waals surface area contributed by atoms with Gasteiger partial charge < -0.3 is 19.9 Å². The van der Waals surface area contributed by atoms with E-state index in [9.17, 15) is 9.90 Å². The Labute approximate surface area is 133 Å². The molecule has 1 saturated carbocycles. The first kappa shape index (κ1) is 13.9. The standard InChI is InChI=1S/C18H17NO4/c20-15-7-12(11-4-5-16-17(9-11)23-10-22-16)6-13(8-15)18(21)19-14-2-1-3-14/h4-9,14,20H,1-3,10H2,(H,19,21). The van der Waals surface area contributed by atoms with Crippen molar-refractivity contribution >= 4 is 5.91 Å². The van der Waals surface area contributed by atoms with Gasteiger partial charge in [0.1, 0.15) is 5.75 Å². The summed E-state index contributed by atoms with van der Waals surface area (Å²) in [5.74, 6) is 1.30. The van der Waals surface area contributed by atoms with E-state index in [0.29, 0.717) is 17.1 Å². The van der Waals surface area contributed by atoms with Gasteiger partial charge in [0.15, 0.2) is 11.5 Å². The molecule has 1 amide bonds. The SMILES string of the molecule is O=C(NC1CCC1)c1cc(O)cc(-c2ccc3c(c2)OCO3)c1. The molecule has 0 aromatic heterocycles. The number of phenols is 1. The zero-order valence-electron chi connectivity index (χ0n) is 12.5. The van der Waals surface area contributed by atoms with Crippen molar-refractivity contribution in [3.63, 3.8) is 0 Å². The van der Waals surface area contributed by atoms with Gasteiger partial charge in [-0.2, -0.15) is 0 Å². The van der Waals surface area contributed by atoms with Crippen LogP contribution >= 0.6 is 0 Å². The van der Waals surface area contributed by atoms with Crippen LogP contribution in [0.1, 0.15) is 29.6 Å². The lowest BCUT2D eigenvalue weighted by Crippen LogP contribution is -2.39. The van der Waals surface area contributed by atoms with E-state index in [1.54, 1.807) is 12.1 Å². The van der Waals surface area contributed by atoms with Gasteiger partial charge in [0.25, 0.3) is 5.91 Å². The highest BCUT2D eigenvalue weighted by atomic mass is 16.7. The Morgan fingerprint density at radius 1 is 1.04 bits per heavy atom. The van der Waals surface area contributed by atoms with E-state index in [4.69, 9.17) is 9.47 Å². The molecule has 0 atom stereocenters. The molecule has 5 nitrogen and oxygen atoms in total. The van der Waals surface area contributed by atoms with E-state index in [-0.39, 0.29) is 24.5 Å². The molecule has 1 fully saturated rings. The van der Waals surface area contributed by atoms with Crippen LogP contribution in [0.5, 0.6) is 17.2 Å². The maximum atomic E-state index is 12.3. The summed E-state index contributed by atoms with van der Waals surface area (Å²) >= 11 is 0. The molecule has 0 radical (unpaired) electrons. The molecule has 118 valence electrons. The van der Waals surface area contributed by atoms with Gasteiger partial charge in [-0.1, -0.05) is 6.07 Å². The molecular formula is C18H17NO4. The molecule has 1 aliphatic carbocycles. The van der Waals surface area contributed by atoms with Gasteiger partial charge in [-0.25, -0.2) is 0 Å². The number of carbonyl (C=O) groups is 1. The molecule has 5 heteroatoms. The second-order valence-electron chi connectivity index (χ2n) is 5.94. The lowest BCUT2D eigenvalue weighted by Gasteiger charge is -2.26. The zero-order chi connectivity index (χ0) is 15.8. The van der Waals surface area contributed by atoms with Crippen LogP contribution in [0.2, 0.25) is 0 Å².